The van der Waals surface area contributed by atoms with Crippen molar-refractivity contribution in [2.45, 2.75) is 38.0 Å². The molecule has 0 aromatic carbocycles. The van der Waals surface area contributed by atoms with Crippen LogP contribution in [0.25, 0.3) is 0 Å². The number of amides is 1. The number of nitrogens with zero attached hydrogens (tertiary/aromatic N) is 4. The van der Waals surface area contributed by atoms with Gasteiger partial charge in [-0.15, -0.1) is 0 Å². The molecule has 0 radical (unpaired) electrons. The number of ether oxygens (including phenoxy) is 1. The van der Waals surface area contributed by atoms with E-state index in [4.69, 9.17) is 4.74 Å². The smallest absolute Gasteiger partial charge is 0.244 e. The average Bonchev–Trinajstić information content (AvgIpc) is 3.02. The third kappa shape index (κ3) is 3.79. The quantitative estimate of drug-likeness (QED) is 0.863. The Morgan fingerprint density at radius 3 is 2.71 bits per heavy atom. The second kappa shape index (κ2) is 7.63. The summed E-state index contributed by atoms with van der Waals surface area (Å²) in [5.74, 6) is 0.152. The van der Waals surface area contributed by atoms with Crippen LogP contribution < -0.4 is 5.32 Å². The second-order valence-electron chi connectivity index (χ2n) is 6.90. The normalized spacial score (nSPS) is 25.0. The zero-order chi connectivity index (χ0) is 17.1. The van der Waals surface area contributed by atoms with Crippen molar-refractivity contribution >= 4 is 5.91 Å². The zero-order valence-corrected chi connectivity index (χ0v) is 14.9. The van der Waals surface area contributed by atoms with Crippen LogP contribution in [0.4, 0.5) is 0 Å². The van der Waals surface area contributed by atoms with E-state index < -0.39 is 0 Å². The van der Waals surface area contributed by atoms with Gasteiger partial charge in [0.15, 0.2) is 0 Å². The van der Waals surface area contributed by atoms with Gasteiger partial charge in [-0.3, -0.25) is 14.4 Å². The molecule has 1 N–H and O–H groups in total. The van der Waals surface area contributed by atoms with Gasteiger partial charge in [0.2, 0.25) is 5.91 Å². The first-order valence-electron chi connectivity index (χ1n) is 8.88. The lowest BCUT2D eigenvalue weighted by Gasteiger charge is -2.42. The first kappa shape index (κ1) is 17.4. The Bertz CT molecular complexity index is 553. The van der Waals surface area contributed by atoms with Gasteiger partial charge in [-0.2, -0.15) is 5.10 Å². The summed E-state index contributed by atoms with van der Waals surface area (Å²) < 4.78 is 7.37. The SMILES string of the molecule is CNC(C(=O)N1CCC(N2CCOC(C)C2)CC1)c1cnn(C)c1. The molecule has 3 heterocycles. The maximum Gasteiger partial charge on any atom is 0.244 e. The van der Waals surface area contributed by atoms with Crippen molar-refractivity contribution in [1.82, 2.24) is 24.9 Å². The predicted octanol–water partition coefficient (Wildman–Crippen LogP) is 0.392. The Morgan fingerprint density at radius 1 is 1.38 bits per heavy atom. The molecule has 1 aromatic heterocycles. The number of likely N-dealkylation sites (N-methyl/N-ethyl adjacent to an activating group) is 1. The van der Waals surface area contributed by atoms with E-state index in [1.54, 1.807) is 10.9 Å². The second-order valence-corrected chi connectivity index (χ2v) is 6.90. The van der Waals surface area contributed by atoms with Gasteiger partial charge < -0.3 is 15.0 Å². The summed E-state index contributed by atoms with van der Waals surface area (Å²) >= 11 is 0. The fourth-order valence-electron chi connectivity index (χ4n) is 3.83. The van der Waals surface area contributed by atoms with Gasteiger partial charge in [0, 0.05) is 51.0 Å². The van der Waals surface area contributed by atoms with Crippen molar-refractivity contribution in [3.05, 3.63) is 18.0 Å². The van der Waals surface area contributed by atoms with Crippen LogP contribution in [-0.4, -0.2) is 77.5 Å². The summed E-state index contributed by atoms with van der Waals surface area (Å²) in [4.78, 5) is 17.4. The zero-order valence-electron chi connectivity index (χ0n) is 14.9. The lowest BCUT2D eigenvalue weighted by atomic mass is 10.0. The van der Waals surface area contributed by atoms with E-state index in [1.807, 2.05) is 25.2 Å². The summed E-state index contributed by atoms with van der Waals surface area (Å²) in [5, 5.41) is 7.32. The number of piperidine rings is 1. The molecule has 3 rings (SSSR count). The standard InChI is InChI=1S/C17H29N5O2/c1-13-11-22(8-9-24-13)15-4-6-21(7-5-15)17(23)16(18-2)14-10-19-20(3)12-14/h10,12-13,15-16,18H,4-9,11H2,1-3H3. The Kier molecular flexibility index (Phi) is 5.53. The molecule has 1 aromatic rings. The van der Waals surface area contributed by atoms with E-state index in [-0.39, 0.29) is 11.9 Å². The van der Waals surface area contributed by atoms with E-state index in [0.29, 0.717) is 12.1 Å². The lowest BCUT2D eigenvalue weighted by molar-refractivity contribution is -0.135. The molecule has 2 atom stereocenters. The minimum absolute atomic E-state index is 0.152. The minimum Gasteiger partial charge on any atom is -0.376 e. The number of rotatable bonds is 4. The number of nitrogens with one attached hydrogen (secondary N) is 1. The van der Waals surface area contributed by atoms with Crippen LogP contribution in [0.2, 0.25) is 0 Å². The van der Waals surface area contributed by atoms with Crippen molar-refractivity contribution in [3.8, 4) is 0 Å². The number of carbonyl (C=O) groups excluding carboxylic acids is 1. The first-order valence-corrected chi connectivity index (χ1v) is 8.88. The van der Waals surface area contributed by atoms with Crippen LogP contribution in [0, 0.1) is 0 Å². The van der Waals surface area contributed by atoms with Gasteiger partial charge in [0.1, 0.15) is 6.04 Å². The number of aryl methyl sites for hydroxylation is 1. The van der Waals surface area contributed by atoms with Crippen molar-refractivity contribution < 1.29 is 9.53 Å². The highest BCUT2D eigenvalue weighted by molar-refractivity contribution is 5.83. The van der Waals surface area contributed by atoms with E-state index >= 15 is 0 Å². The molecule has 2 aliphatic heterocycles. The molecule has 24 heavy (non-hydrogen) atoms. The average molecular weight is 335 g/mol. The number of carbonyl (C=O) groups is 1. The highest BCUT2D eigenvalue weighted by atomic mass is 16.5. The van der Waals surface area contributed by atoms with Crippen LogP contribution in [0.1, 0.15) is 31.4 Å². The van der Waals surface area contributed by atoms with E-state index in [1.165, 1.54) is 0 Å². The Labute approximate surface area is 143 Å². The molecule has 7 nitrogen and oxygen atoms in total. The van der Waals surface area contributed by atoms with Gasteiger partial charge in [-0.25, -0.2) is 0 Å². The van der Waals surface area contributed by atoms with Crippen LogP contribution in [-0.2, 0) is 16.6 Å². The molecule has 0 spiro atoms. The molecular formula is C17H29N5O2. The van der Waals surface area contributed by atoms with Crippen LogP contribution >= 0.6 is 0 Å². The number of hydrogen-bond donors (Lipinski definition) is 1. The van der Waals surface area contributed by atoms with Crippen molar-refractivity contribution in [3.63, 3.8) is 0 Å². The molecule has 7 heteroatoms. The molecule has 134 valence electrons. The monoisotopic (exact) mass is 335 g/mol. The number of hydrogen-bond acceptors (Lipinski definition) is 5. The molecule has 2 aliphatic rings. The van der Waals surface area contributed by atoms with Gasteiger partial charge in [0.05, 0.1) is 18.9 Å². The highest BCUT2D eigenvalue weighted by Gasteiger charge is 2.32. The van der Waals surface area contributed by atoms with Crippen LogP contribution in [0.5, 0.6) is 0 Å². The predicted molar refractivity (Wildman–Crippen MR) is 91.6 cm³/mol. The number of likely N-dealkylation sites (tertiary alicyclic amines) is 1. The lowest BCUT2D eigenvalue weighted by Crippen LogP contribution is -2.52. The minimum atomic E-state index is -0.307. The third-order valence-electron chi connectivity index (χ3n) is 5.16. The fraction of sp³-hybridized carbons (Fsp3) is 0.765. The van der Waals surface area contributed by atoms with E-state index in [2.05, 4.69) is 22.2 Å². The summed E-state index contributed by atoms with van der Waals surface area (Å²) in [6, 6.07) is 0.269. The summed E-state index contributed by atoms with van der Waals surface area (Å²) in [6.45, 7) is 6.63. The van der Waals surface area contributed by atoms with Gasteiger partial charge in [-0.05, 0) is 26.8 Å². The molecule has 2 saturated heterocycles. The summed E-state index contributed by atoms with van der Waals surface area (Å²) in [6.07, 6.45) is 6.07. The van der Waals surface area contributed by atoms with Gasteiger partial charge in [0.25, 0.3) is 0 Å². The first-order chi connectivity index (χ1) is 11.6. The van der Waals surface area contributed by atoms with Crippen LogP contribution in [0.3, 0.4) is 0 Å². The third-order valence-corrected chi connectivity index (χ3v) is 5.16. The van der Waals surface area contributed by atoms with Crippen molar-refractivity contribution in [2.75, 3.05) is 39.8 Å². The number of morpholine rings is 1. The van der Waals surface area contributed by atoms with E-state index in [0.717, 1.165) is 51.2 Å². The molecular weight excluding hydrogens is 306 g/mol. The van der Waals surface area contributed by atoms with Gasteiger partial charge in [-0.1, -0.05) is 0 Å². The molecule has 0 saturated carbocycles. The van der Waals surface area contributed by atoms with E-state index in [9.17, 15) is 4.79 Å². The Hall–Kier alpha value is -1.44. The fourth-order valence-corrected chi connectivity index (χ4v) is 3.83. The van der Waals surface area contributed by atoms with Gasteiger partial charge >= 0.3 is 0 Å². The van der Waals surface area contributed by atoms with Crippen molar-refractivity contribution in [2.24, 2.45) is 7.05 Å². The summed E-state index contributed by atoms with van der Waals surface area (Å²) in [7, 11) is 3.70. The molecule has 2 fully saturated rings. The largest absolute Gasteiger partial charge is 0.376 e. The molecule has 0 bridgehead atoms. The Morgan fingerprint density at radius 2 is 2.12 bits per heavy atom. The highest BCUT2D eigenvalue weighted by Crippen LogP contribution is 2.22. The number of aromatic nitrogens is 2. The molecule has 0 aliphatic carbocycles. The maximum absolute atomic E-state index is 12.9. The molecule has 1 amide bonds. The van der Waals surface area contributed by atoms with Crippen molar-refractivity contribution in [1.29, 1.82) is 0 Å². The Balaban J connectivity index is 1.56. The maximum atomic E-state index is 12.9. The topological polar surface area (TPSA) is 62.6 Å². The molecule has 2 unspecified atom stereocenters. The van der Waals surface area contributed by atoms with Crippen LogP contribution in [0.15, 0.2) is 12.4 Å². The summed E-state index contributed by atoms with van der Waals surface area (Å²) in [5.41, 5.74) is 0.925.